The lowest BCUT2D eigenvalue weighted by Crippen LogP contribution is -2.26. The van der Waals surface area contributed by atoms with Crippen LogP contribution >= 0.6 is 0 Å². The van der Waals surface area contributed by atoms with Crippen LogP contribution in [0.4, 0.5) is 0 Å². The number of hydrogen-bond acceptors (Lipinski definition) is 3. The van der Waals surface area contributed by atoms with Gasteiger partial charge in [0.15, 0.2) is 5.65 Å². The van der Waals surface area contributed by atoms with Gasteiger partial charge in [-0.3, -0.25) is 4.79 Å². The number of amides is 1. The first-order chi connectivity index (χ1) is 13.6. The first-order valence-electron chi connectivity index (χ1n) is 10.2. The van der Waals surface area contributed by atoms with Crippen molar-refractivity contribution in [2.75, 3.05) is 7.05 Å². The third kappa shape index (κ3) is 4.34. The molecule has 0 bridgehead atoms. The highest BCUT2D eigenvalue weighted by molar-refractivity contribution is 5.84. The summed E-state index contributed by atoms with van der Waals surface area (Å²) in [6.07, 6.45) is 1.17. The van der Waals surface area contributed by atoms with Gasteiger partial charge in [-0.2, -0.15) is 5.10 Å². The number of hydrogen-bond donors (Lipinski definition) is 0. The molecule has 0 aliphatic heterocycles. The van der Waals surface area contributed by atoms with Crippen LogP contribution in [0.2, 0.25) is 0 Å². The van der Waals surface area contributed by atoms with Crippen molar-refractivity contribution in [3.05, 3.63) is 58.4 Å². The third-order valence-electron chi connectivity index (χ3n) is 5.49. The molecular formula is C24H32N4O. The number of aromatic nitrogens is 3. The lowest BCUT2D eigenvalue weighted by atomic mass is 9.98. The quantitative estimate of drug-likeness (QED) is 0.632. The molecule has 0 unspecified atom stereocenters. The maximum Gasteiger partial charge on any atom is 0.222 e. The fraction of sp³-hybridized carbons (Fsp3) is 0.458. The fourth-order valence-corrected chi connectivity index (χ4v) is 3.91. The number of aryl methyl sites for hydroxylation is 3. The van der Waals surface area contributed by atoms with Gasteiger partial charge in [0.25, 0.3) is 0 Å². The van der Waals surface area contributed by atoms with Crippen LogP contribution in [-0.2, 0) is 23.3 Å². The van der Waals surface area contributed by atoms with Gasteiger partial charge in [-0.25, -0.2) is 9.67 Å². The first-order valence-corrected chi connectivity index (χ1v) is 10.2. The Labute approximate surface area is 173 Å². The Hall–Kier alpha value is -2.69. The van der Waals surface area contributed by atoms with E-state index in [0.717, 1.165) is 33.5 Å². The minimum Gasteiger partial charge on any atom is -0.341 e. The monoisotopic (exact) mass is 392 g/mol. The van der Waals surface area contributed by atoms with Crippen molar-refractivity contribution in [1.82, 2.24) is 19.7 Å². The Morgan fingerprint density at radius 1 is 1.07 bits per heavy atom. The Morgan fingerprint density at radius 3 is 2.34 bits per heavy atom. The van der Waals surface area contributed by atoms with Gasteiger partial charge in [0, 0.05) is 31.1 Å². The van der Waals surface area contributed by atoms with Crippen LogP contribution in [0.5, 0.6) is 0 Å². The van der Waals surface area contributed by atoms with E-state index in [9.17, 15) is 4.79 Å². The van der Waals surface area contributed by atoms with E-state index in [2.05, 4.69) is 27.7 Å². The molecule has 0 N–H and O–H groups in total. The van der Waals surface area contributed by atoms with Crippen molar-refractivity contribution in [2.24, 2.45) is 0 Å². The summed E-state index contributed by atoms with van der Waals surface area (Å²) >= 11 is 0. The number of rotatable bonds is 5. The maximum atomic E-state index is 12.7. The van der Waals surface area contributed by atoms with Gasteiger partial charge in [-0.05, 0) is 64.7 Å². The molecule has 2 aromatic heterocycles. The predicted octanol–water partition coefficient (Wildman–Crippen LogP) is 4.70. The molecule has 5 nitrogen and oxygen atoms in total. The second-order valence-corrected chi connectivity index (χ2v) is 8.90. The summed E-state index contributed by atoms with van der Waals surface area (Å²) < 4.78 is 2.01. The van der Waals surface area contributed by atoms with Crippen molar-refractivity contribution >= 4 is 16.9 Å². The van der Waals surface area contributed by atoms with Crippen LogP contribution in [0.3, 0.4) is 0 Å². The zero-order chi connectivity index (χ0) is 21.3. The molecule has 2 heterocycles. The van der Waals surface area contributed by atoms with Crippen molar-refractivity contribution in [3.63, 3.8) is 0 Å². The molecule has 0 saturated carbocycles. The van der Waals surface area contributed by atoms with Crippen LogP contribution < -0.4 is 0 Å². The van der Waals surface area contributed by atoms with E-state index in [4.69, 9.17) is 10.1 Å². The molecule has 3 aromatic rings. The summed E-state index contributed by atoms with van der Waals surface area (Å²) in [5, 5.41) is 5.87. The fourth-order valence-electron chi connectivity index (χ4n) is 3.91. The summed E-state index contributed by atoms with van der Waals surface area (Å²) in [4.78, 5) is 19.4. The molecule has 0 saturated heterocycles. The molecule has 0 aliphatic rings. The van der Waals surface area contributed by atoms with Crippen LogP contribution in [0.25, 0.3) is 11.0 Å². The van der Waals surface area contributed by atoms with Crippen molar-refractivity contribution in [3.8, 4) is 0 Å². The molecule has 3 rings (SSSR count). The highest BCUT2D eigenvalue weighted by atomic mass is 16.2. The highest BCUT2D eigenvalue weighted by Gasteiger charge is 2.23. The van der Waals surface area contributed by atoms with Gasteiger partial charge < -0.3 is 4.90 Å². The van der Waals surface area contributed by atoms with E-state index < -0.39 is 0 Å². The standard InChI is InChI=1S/C24H32N4O/c1-16-20(13-14-21(29)27(7)15-19-11-9-8-10-12-19)17(2)25-23-22(16)18(3)26-28(23)24(4,5)6/h8-12H,13-15H2,1-7H3. The van der Waals surface area contributed by atoms with Crippen LogP contribution in [-0.4, -0.2) is 32.6 Å². The first kappa shape index (κ1) is 21.0. The minimum atomic E-state index is -0.129. The summed E-state index contributed by atoms with van der Waals surface area (Å²) in [5.41, 5.74) is 6.28. The Kier molecular flexibility index (Phi) is 5.78. The number of fused-ring (bicyclic) bond motifs is 1. The SMILES string of the molecule is Cc1nc2c(c(C)nn2C(C)(C)C)c(C)c1CCC(=O)N(C)Cc1ccccc1. The second-order valence-electron chi connectivity index (χ2n) is 8.90. The summed E-state index contributed by atoms with van der Waals surface area (Å²) in [5.74, 6) is 0.148. The molecule has 29 heavy (non-hydrogen) atoms. The van der Waals surface area contributed by atoms with Crippen molar-refractivity contribution < 1.29 is 4.79 Å². The number of pyridine rings is 1. The Balaban J connectivity index is 1.82. The van der Waals surface area contributed by atoms with Gasteiger partial charge in [-0.1, -0.05) is 30.3 Å². The molecule has 0 spiro atoms. The van der Waals surface area contributed by atoms with Crippen molar-refractivity contribution in [2.45, 2.75) is 66.5 Å². The number of carbonyl (C=O) groups is 1. The third-order valence-corrected chi connectivity index (χ3v) is 5.49. The van der Waals surface area contributed by atoms with E-state index in [0.29, 0.717) is 19.4 Å². The summed E-state index contributed by atoms with van der Waals surface area (Å²) in [6.45, 7) is 13.3. The average molecular weight is 393 g/mol. The maximum absolute atomic E-state index is 12.7. The van der Waals surface area contributed by atoms with Crippen LogP contribution in [0.1, 0.15) is 55.3 Å². The predicted molar refractivity (Wildman–Crippen MR) is 118 cm³/mol. The minimum absolute atomic E-state index is 0.129. The lowest BCUT2D eigenvalue weighted by Gasteiger charge is -2.21. The van der Waals surface area contributed by atoms with Gasteiger partial charge in [-0.15, -0.1) is 0 Å². The molecule has 0 radical (unpaired) electrons. The summed E-state index contributed by atoms with van der Waals surface area (Å²) in [7, 11) is 1.87. The average Bonchev–Trinajstić information content (AvgIpc) is 2.98. The number of nitrogens with zero attached hydrogens (tertiary/aromatic N) is 4. The van der Waals surface area contributed by atoms with Gasteiger partial charge in [0.1, 0.15) is 0 Å². The second kappa shape index (κ2) is 7.97. The van der Waals surface area contributed by atoms with Gasteiger partial charge >= 0.3 is 0 Å². The Bertz CT molecular complexity index is 1030. The Morgan fingerprint density at radius 2 is 1.72 bits per heavy atom. The van der Waals surface area contributed by atoms with Gasteiger partial charge in [0.2, 0.25) is 5.91 Å². The molecule has 1 amide bonds. The topological polar surface area (TPSA) is 51.0 Å². The van der Waals surface area contributed by atoms with E-state index in [1.54, 1.807) is 4.90 Å². The zero-order valence-electron chi connectivity index (χ0n) is 18.7. The van der Waals surface area contributed by atoms with Crippen LogP contribution in [0, 0.1) is 20.8 Å². The zero-order valence-corrected chi connectivity index (χ0v) is 18.7. The highest BCUT2D eigenvalue weighted by Crippen LogP contribution is 2.29. The summed E-state index contributed by atoms with van der Waals surface area (Å²) in [6, 6.07) is 10.1. The van der Waals surface area contributed by atoms with E-state index in [1.165, 1.54) is 5.56 Å². The van der Waals surface area contributed by atoms with E-state index >= 15 is 0 Å². The van der Waals surface area contributed by atoms with E-state index in [1.807, 2.05) is 55.9 Å². The van der Waals surface area contributed by atoms with Crippen molar-refractivity contribution in [1.29, 1.82) is 0 Å². The van der Waals surface area contributed by atoms with Gasteiger partial charge in [0.05, 0.1) is 11.2 Å². The number of benzene rings is 1. The normalized spacial score (nSPS) is 11.8. The largest absolute Gasteiger partial charge is 0.341 e. The molecule has 0 fully saturated rings. The molecule has 0 aliphatic carbocycles. The molecule has 154 valence electrons. The molecule has 0 atom stereocenters. The van der Waals surface area contributed by atoms with E-state index in [-0.39, 0.29) is 11.4 Å². The van der Waals surface area contributed by atoms with Crippen LogP contribution in [0.15, 0.2) is 30.3 Å². The molecule has 5 heteroatoms. The molecule has 1 aromatic carbocycles. The lowest BCUT2D eigenvalue weighted by molar-refractivity contribution is -0.130. The molecular weight excluding hydrogens is 360 g/mol. The number of carbonyl (C=O) groups excluding carboxylic acids is 1. The smallest absolute Gasteiger partial charge is 0.222 e.